The van der Waals surface area contributed by atoms with Crippen molar-refractivity contribution in [3.8, 4) is 0 Å². The highest BCUT2D eigenvalue weighted by Crippen LogP contribution is 2.26. The van der Waals surface area contributed by atoms with Crippen LogP contribution >= 0.6 is 27.5 Å². The van der Waals surface area contributed by atoms with Gasteiger partial charge in [-0.25, -0.2) is 0 Å². The van der Waals surface area contributed by atoms with E-state index >= 15 is 0 Å². The SMILES string of the molecule is Cc1cc2oc(C(=O)CBr)cc2cc1Cl. The molecule has 0 N–H and O–H groups in total. The predicted molar refractivity (Wildman–Crippen MR) is 64.1 cm³/mol. The maximum Gasteiger partial charge on any atom is 0.208 e. The number of Topliss-reactive ketones (excluding diaryl/α,β-unsaturated/α-hetero) is 1. The fourth-order valence-corrected chi connectivity index (χ4v) is 1.81. The van der Waals surface area contributed by atoms with Crippen LogP contribution in [-0.4, -0.2) is 11.1 Å². The molecule has 78 valence electrons. The molecular weight excluding hydrogens is 279 g/mol. The van der Waals surface area contributed by atoms with Gasteiger partial charge in [-0.05, 0) is 30.7 Å². The summed E-state index contributed by atoms with van der Waals surface area (Å²) in [5.41, 5.74) is 1.64. The molecule has 0 saturated carbocycles. The molecule has 2 nitrogen and oxygen atoms in total. The van der Waals surface area contributed by atoms with Gasteiger partial charge in [0, 0.05) is 10.4 Å². The Morgan fingerprint density at radius 2 is 2.20 bits per heavy atom. The first-order valence-corrected chi connectivity index (χ1v) is 5.90. The fraction of sp³-hybridized carbons (Fsp3) is 0.182. The van der Waals surface area contributed by atoms with E-state index in [4.69, 9.17) is 16.0 Å². The maximum absolute atomic E-state index is 11.4. The van der Waals surface area contributed by atoms with Gasteiger partial charge in [-0.2, -0.15) is 0 Å². The molecule has 1 aromatic heterocycles. The molecule has 0 bridgehead atoms. The van der Waals surface area contributed by atoms with E-state index in [1.165, 1.54) is 0 Å². The molecule has 2 aromatic rings. The van der Waals surface area contributed by atoms with Crippen molar-refractivity contribution in [2.24, 2.45) is 0 Å². The Bertz CT molecular complexity index is 492. The minimum atomic E-state index is -0.0695. The first-order chi connectivity index (χ1) is 7.11. The number of hydrogen-bond donors (Lipinski definition) is 0. The van der Waals surface area contributed by atoms with Crippen molar-refractivity contribution < 1.29 is 9.21 Å². The molecule has 0 amide bonds. The van der Waals surface area contributed by atoms with Gasteiger partial charge < -0.3 is 4.42 Å². The summed E-state index contributed by atoms with van der Waals surface area (Å²) in [6.07, 6.45) is 0. The van der Waals surface area contributed by atoms with E-state index in [1.54, 1.807) is 12.1 Å². The summed E-state index contributed by atoms with van der Waals surface area (Å²) in [6, 6.07) is 5.35. The number of carbonyl (C=O) groups is 1. The van der Waals surface area contributed by atoms with Crippen molar-refractivity contribution in [3.63, 3.8) is 0 Å². The van der Waals surface area contributed by atoms with Crippen molar-refractivity contribution in [3.05, 3.63) is 34.5 Å². The van der Waals surface area contributed by atoms with Crippen LogP contribution in [0.1, 0.15) is 16.1 Å². The van der Waals surface area contributed by atoms with Gasteiger partial charge in [0.15, 0.2) is 5.76 Å². The third-order valence-electron chi connectivity index (χ3n) is 2.19. The lowest BCUT2D eigenvalue weighted by Crippen LogP contribution is -1.96. The topological polar surface area (TPSA) is 30.2 Å². The van der Waals surface area contributed by atoms with Gasteiger partial charge in [-0.15, -0.1) is 0 Å². The second-order valence-corrected chi connectivity index (χ2v) is 4.27. The molecule has 0 fully saturated rings. The average Bonchev–Trinajstić information content (AvgIpc) is 2.60. The smallest absolute Gasteiger partial charge is 0.208 e. The summed E-state index contributed by atoms with van der Waals surface area (Å²) < 4.78 is 5.42. The summed E-state index contributed by atoms with van der Waals surface area (Å²) in [5.74, 6) is 0.295. The summed E-state index contributed by atoms with van der Waals surface area (Å²) in [6.45, 7) is 1.90. The molecule has 0 radical (unpaired) electrons. The average molecular weight is 288 g/mol. The molecule has 0 aliphatic heterocycles. The third-order valence-corrected chi connectivity index (χ3v) is 3.11. The lowest BCUT2D eigenvalue weighted by Gasteiger charge is -1.95. The zero-order chi connectivity index (χ0) is 11.0. The summed E-state index contributed by atoms with van der Waals surface area (Å²) >= 11 is 9.08. The van der Waals surface area contributed by atoms with Crippen molar-refractivity contribution >= 4 is 44.3 Å². The van der Waals surface area contributed by atoms with Gasteiger partial charge >= 0.3 is 0 Å². The molecule has 0 spiro atoms. The van der Waals surface area contributed by atoms with Gasteiger partial charge in [-0.3, -0.25) is 4.79 Å². The van der Waals surface area contributed by atoms with Gasteiger partial charge in [0.25, 0.3) is 0 Å². The van der Waals surface area contributed by atoms with Crippen LogP contribution in [0.25, 0.3) is 11.0 Å². The maximum atomic E-state index is 11.4. The Morgan fingerprint density at radius 1 is 1.47 bits per heavy atom. The molecule has 2 rings (SSSR count). The van der Waals surface area contributed by atoms with Crippen LogP contribution in [0.15, 0.2) is 22.6 Å². The Balaban J connectivity index is 2.61. The van der Waals surface area contributed by atoms with Gasteiger partial charge in [0.05, 0.1) is 5.33 Å². The van der Waals surface area contributed by atoms with E-state index < -0.39 is 0 Å². The normalized spacial score (nSPS) is 10.9. The molecule has 1 aromatic carbocycles. The van der Waals surface area contributed by atoms with E-state index in [1.807, 2.05) is 13.0 Å². The van der Waals surface area contributed by atoms with Crippen LogP contribution in [-0.2, 0) is 0 Å². The number of alkyl halides is 1. The Kier molecular flexibility index (Phi) is 2.85. The fourth-order valence-electron chi connectivity index (χ4n) is 1.36. The minimum Gasteiger partial charge on any atom is -0.453 e. The first kappa shape index (κ1) is 10.7. The van der Waals surface area contributed by atoms with E-state index in [0.29, 0.717) is 16.4 Å². The molecule has 0 aliphatic rings. The number of fused-ring (bicyclic) bond motifs is 1. The quantitative estimate of drug-likeness (QED) is 0.618. The van der Waals surface area contributed by atoms with Crippen LogP contribution in [0.3, 0.4) is 0 Å². The van der Waals surface area contributed by atoms with Crippen molar-refractivity contribution in [2.75, 3.05) is 5.33 Å². The molecule has 4 heteroatoms. The molecule has 0 atom stereocenters. The van der Waals surface area contributed by atoms with Crippen LogP contribution in [0.4, 0.5) is 0 Å². The van der Waals surface area contributed by atoms with E-state index in [2.05, 4.69) is 15.9 Å². The van der Waals surface area contributed by atoms with Gasteiger partial charge in [0.1, 0.15) is 5.58 Å². The van der Waals surface area contributed by atoms with E-state index in [-0.39, 0.29) is 11.1 Å². The monoisotopic (exact) mass is 286 g/mol. The second kappa shape index (κ2) is 3.99. The lowest BCUT2D eigenvalue weighted by atomic mass is 10.2. The number of furan rings is 1. The van der Waals surface area contributed by atoms with Gasteiger partial charge in [-0.1, -0.05) is 27.5 Å². The zero-order valence-corrected chi connectivity index (χ0v) is 10.4. The minimum absolute atomic E-state index is 0.0695. The summed E-state index contributed by atoms with van der Waals surface area (Å²) in [5, 5.41) is 1.80. The Labute approximate surface area is 100 Å². The number of rotatable bonds is 2. The largest absolute Gasteiger partial charge is 0.453 e. The summed E-state index contributed by atoms with van der Waals surface area (Å²) in [4.78, 5) is 11.4. The van der Waals surface area contributed by atoms with Gasteiger partial charge in [0.2, 0.25) is 5.78 Å². The van der Waals surface area contributed by atoms with Crippen LogP contribution < -0.4 is 0 Å². The van der Waals surface area contributed by atoms with Crippen LogP contribution in [0.2, 0.25) is 5.02 Å². The lowest BCUT2D eigenvalue weighted by molar-refractivity contribution is 0.0995. The molecule has 0 saturated heterocycles. The highest BCUT2D eigenvalue weighted by atomic mass is 79.9. The number of ketones is 1. The number of hydrogen-bond acceptors (Lipinski definition) is 2. The Morgan fingerprint density at radius 3 is 2.87 bits per heavy atom. The zero-order valence-electron chi connectivity index (χ0n) is 8.01. The molecular formula is C11H8BrClO2. The molecule has 1 heterocycles. The van der Waals surface area contributed by atoms with Crippen molar-refractivity contribution in [1.29, 1.82) is 0 Å². The highest BCUT2D eigenvalue weighted by Gasteiger charge is 2.11. The Hall–Kier alpha value is -0.800. The second-order valence-electron chi connectivity index (χ2n) is 3.31. The molecule has 0 unspecified atom stereocenters. The third kappa shape index (κ3) is 1.94. The highest BCUT2D eigenvalue weighted by molar-refractivity contribution is 9.09. The summed E-state index contributed by atoms with van der Waals surface area (Å²) in [7, 11) is 0. The molecule has 15 heavy (non-hydrogen) atoms. The standard InChI is InChI=1S/C11H8BrClO2/c1-6-2-10-7(3-8(6)13)4-11(15-10)9(14)5-12/h2-4H,5H2,1H3. The van der Waals surface area contributed by atoms with Crippen molar-refractivity contribution in [2.45, 2.75) is 6.92 Å². The first-order valence-electron chi connectivity index (χ1n) is 4.40. The number of aryl methyl sites for hydroxylation is 1. The van der Waals surface area contributed by atoms with E-state index in [0.717, 1.165) is 10.9 Å². The number of halogens is 2. The van der Waals surface area contributed by atoms with Crippen LogP contribution in [0.5, 0.6) is 0 Å². The van der Waals surface area contributed by atoms with Crippen molar-refractivity contribution in [1.82, 2.24) is 0 Å². The van der Waals surface area contributed by atoms with Crippen LogP contribution in [0, 0.1) is 6.92 Å². The number of benzene rings is 1. The molecule has 0 aliphatic carbocycles. The predicted octanol–water partition coefficient (Wildman–Crippen LogP) is 3.97. The number of carbonyl (C=O) groups excluding carboxylic acids is 1. The van der Waals surface area contributed by atoms with E-state index in [9.17, 15) is 4.79 Å².